The zero-order chi connectivity index (χ0) is 17.6. The van der Waals surface area contributed by atoms with Gasteiger partial charge in [-0.1, -0.05) is 12.1 Å². The van der Waals surface area contributed by atoms with Gasteiger partial charge >= 0.3 is 6.03 Å². The maximum atomic E-state index is 12.5. The van der Waals surface area contributed by atoms with Crippen molar-refractivity contribution in [2.45, 2.75) is 56.3 Å². The maximum Gasteiger partial charge on any atom is 0.322 e. The summed E-state index contributed by atoms with van der Waals surface area (Å²) in [7, 11) is 0. The number of carbonyl (C=O) groups is 3. The SMILES string of the molecule is CC1(c2ccc(C(=O)NC3CC4CCC(C3)N4)cc2)NC(=O)NC1=O. The Kier molecular flexibility index (Phi) is 3.76. The summed E-state index contributed by atoms with van der Waals surface area (Å²) in [4.78, 5) is 35.9. The lowest BCUT2D eigenvalue weighted by Crippen LogP contribution is -2.48. The number of rotatable bonds is 3. The molecule has 0 spiro atoms. The third-order valence-corrected chi connectivity index (χ3v) is 5.58. The van der Waals surface area contributed by atoms with E-state index in [1.165, 1.54) is 12.8 Å². The van der Waals surface area contributed by atoms with E-state index in [-0.39, 0.29) is 17.9 Å². The van der Waals surface area contributed by atoms with Crippen LogP contribution in [-0.2, 0) is 10.3 Å². The van der Waals surface area contributed by atoms with Gasteiger partial charge in [0.15, 0.2) is 0 Å². The van der Waals surface area contributed by atoms with Crippen LogP contribution in [0.5, 0.6) is 0 Å². The number of hydrogen-bond acceptors (Lipinski definition) is 4. The number of fused-ring (bicyclic) bond motifs is 2. The van der Waals surface area contributed by atoms with Crippen LogP contribution in [0.4, 0.5) is 4.79 Å². The maximum absolute atomic E-state index is 12.5. The number of amides is 4. The molecule has 4 N–H and O–H groups in total. The standard InChI is InChI=1S/C18H22N4O3/c1-18(16(24)21-17(25)22-18)11-4-2-10(3-5-11)15(23)20-14-8-12-6-7-13(9-14)19-12/h2-5,12-14,19H,6-9H2,1H3,(H,20,23)(H2,21,22,24,25). The molecule has 0 radical (unpaired) electrons. The zero-order valence-corrected chi connectivity index (χ0v) is 14.1. The van der Waals surface area contributed by atoms with Crippen LogP contribution in [-0.4, -0.2) is 36.0 Å². The van der Waals surface area contributed by atoms with Gasteiger partial charge in [0.25, 0.3) is 11.8 Å². The molecule has 3 atom stereocenters. The Morgan fingerprint density at radius 3 is 2.32 bits per heavy atom. The van der Waals surface area contributed by atoms with Gasteiger partial charge in [-0.05, 0) is 50.3 Å². The van der Waals surface area contributed by atoms with Crippen molar-refractivity contribution in [2.24, 2.45) is 0 Å². The molecule has 7 nitrogen and oxygen atoms in total. The van der Waals surface area contributed by atoms with E-state index in [4.69, 9.17) is 0 Å². The Labute approximate surface area is 145 Å². The number of imide groups is 1. The largest absolute Gasteiger partial charge is 0.349 e. The van der Waals surface area contributed by atoms with Crippen LogP contribution in [0.25, 0.3) is 0 Å². The fourth-order valence-corrected chi connectivity index (χ4v) is 4.15. The fourth-order valence-electron chi connectivity index (χ4n) is 4.15. The molecule has 0 aromatic heterocycles. The van der Waals surface area contributed by atoms with Gasteiger partial charge in [-0.15, -0.1) is 0 Å². The first-order valence-corrected chi connectivity index (χ1v) is 8.75. The molecule has 3 fully saturated rings. The van der Waals surface area contributed by atoms with Crippen LogP contribution in [0, 0.1) is 0 Å². The summed E-state index contributed by atoms with van der Waals surface area (Å²) in [5.74, 6) is -0.484. The molecule has 3 unspecified atom stereocenters. The Balaban J connectivity index is 1.44. The average molecular weight is 342 g/mol. The number of hydrogen-bond donors (Lipinski definition) is 4. The number of nitrogens with one attached hydrogen (secondary N) is 4. The van der Waals surface area contributed by atoms with Crippen molar-refractivity contribution in [1.82, 2.24) is 21.3 Å². The van der Waals surface area contributed by atoms with Gasteiger partial charge in [0.2, 0.25) is 0 Å². The molecule has 3 heterocycles. The topological polar surface area (TPSA) is 99.3 Å². The van der Waals surface area contributed by atoms with Gasteiger partial charge in [-0.25, -0.2) is 4.79 Å². The lowest BCUT2D eigenvalue weighted by atomic mass is 9.91. The predicted octanol–water partition coefficient (Wildman–Crippen LogP) is 0.754. The summed E-state index contributed by atoms with van der Waals surface area (Å²) in [6, 6.07) is 7.58. The van der Waals surface area contributed by atoms with Crippen LogP contribution >= 0.6 is 0 Å². The van der Waals surface area contributed by atoms with Gasteiger partial charge in [-0.3, -0.25) is 14.9 Å². The average Bonchev–Trinajstić information content (AvgIpc) is 3.06. The van der Waals surface area contributed by atoms with Crippen LogP contribution in [0.15, 0.2) is 24.3 Å². The smallest absolute Gasteiger partial charge is 0.322 e. The van der Waals surface area contributed by atoms with E-state index in [2.05, 4.69) is 21.3 Å². The van der Waals surface area contributed by atoms with Gasteiger partial charge in [-0.2, -0.15) is 0 Å². The molecule has 4 rings (SSSR count). The highest BCUT2D eigenvalue weighted by Gasteiger charge is 2.43. The van der Waals surface area contributed by atoms with Crippen molar-refractivity contribution in [3.63, 3.8) is 0 Å². The number of piperidine rings is 1. The fraction of sp³-hybridized carbons (Fsp3) is 0.500. The Morgan fingerprint density at radius 1 is 1.12 bits per heavy atom. The second-order valence-electron chi connectivity index (χ2n) is 7.39. The van der Waals surface area contributed by atoms with Gasteiger partial charge < -0.3 is 16.0 Å². The second kappa shape index (κ2) is 5.84. The van der Waals surface area contributed by atoms with Crippen LogP contribution in [0.1, 0.15) is 48.5 Å². The molecule has 7 heteroatoms. The third kappa shape index (κ3) is 2.89. The molecule has 3 saturated heterocycles. The first-order chi connectivity index (χ1) is 11.9. The summed E-state index contributed by atoms with van der Waals surface area (Å²) < 4.78 is 0. The minimum atomic E-state index is -1.10. The summed E-state index contributed by atoms with van der Waals surface area (Å²) >= 11 is 0. The molecule has 25 heavy (non-hydrogen) atoms. The van der Waals surface area contributed by atoms with Crippen molar-refractivity contribution in [2.75, 3.05) is 0 Å². The van der Waals surface area contributed by atoms with Gasteiger partial charge in [0.1, 0.15) is 5.54 Å². The molecule has 3 aliphatic rings. The lowest BCUT2D eigenvalue weighted by Gasteiger charge is -2.29. The molecule has 0 saturated carbocycles. The Hall–Kier alpha value is -2.41. The highest BCUT2D eigenvalue weighted by Crippen LogP contribution is 2.27. The zero-order valence-electron chi connectivity index (χ0n) is 14.1. The molecule has 3 aliphatic heterocycles. The normalized spacial score (nSPS) is 33.7. The monoisotopic (exact) mass is 342 g/mol. The predicted molar refractivity (Wildman–Crippen MR) is 90.9 cm³/mol. The number of benzene rings is 1. The van der Waals surface area contributed by atoms with E-state index >= 15 is 0 Å². The first-order valence-electron chi connectivity index (χ1n) is 8.75. The molecule has 4 amide bonds. The van der Waals surface area contributed by atoms with Crippen LogP contribution in [0.3, 0.4) is 0 Å². The van der Waals surface area contributed by atoms with Crippen molar-refractivity contribution in [1.29, 1.82) is 0 Å². The first kappa shape index (κ1) is 16.1. The summed E-state index contributed by atoms with van der Waals surface area (Å²) in [5, 5.41) is 11.5. The van der Waals surface area contributed by atoms with E-state index in [0.717, 1.165) is 12.8 Å². The molecule has 1 aromatic carbocycles. The molecular weight excluding hydrogens is 320 g/mol. The van der Waals surface area contributed by atoms with E-state index in [9.17, 15) is 14.4 Å². The van der Waals surface area contributed by atoms with Crippen molar-refractivity contribution < 1.29 is 14.4 Å². The van der Waals surface area contributed by atoms with Gasteiger partial charge in [0.05, 0.1) is 0 Å². The summed E-state index contributed by atoms with van der Waals surface area (Å²) in [6.45, 7) is 1.65. The van der Waals surface area contributed by atoms with Gasteiger partial charge in [0, 0.05) is 23.7 Å². The highest BCUT2D eigenvalue weighted by atomic mass is 16.2. The summed E-state index contributed by atoms with van der Waals surface area (Å²) in [5.41, 5.74) is 0.107. The summed E-state index contributed by atoms with van der Waals surface area (Å²) in [6.07, 6.45) is 4.34. The third-order valence-electron chi connectivity index (χ3n) is 5.58. The minimum Gasteiger partial charge on any atom is -0.349 e. The molecular formula is C18H22N4O3. The Morgan fingerprint density at radius 2 is 1.76 bits per heavy atom. The quantitative estimate of drug-likeness (QED) is 0.609. The van der Waals surface area contributed by atoms with Crippen molar-refractivity contribution in [3.8, 4) is 0 Å². The number of urea groups is 1. The van der Waals surface area contributed by atoms with Crippen molar-refractivity contribution in [3.05, 3.63) is 35.4 Å². The van der Waals surface area contributed by atoms with E-state index < -0.39 is 11.6 Å². The molecule has 1 aromatic rings. The molecule has 2 bridgehead atoms. The van der Waals surface area contributed by atoms with Crippen LogP contribution in [0.2, 0.25) is 0 Å². The molecule has 132 valence electrons. The molecule has 0 aliphatic carbocycles. The highest BCUT2D eigenvalue weighted by molar-refractivity contribution is 6.07. The number of carbonyl (C=O) groups excluding carboxylic acids is 3. The van der Waals surface area contributed by atoms with E-state index in [1.807, 2.05) is 0 Å². The second-order valence-corrected chi connectivity index (χ2v) is 7.39. The van der Waals surface area contributed by atoms with Crippen molar-refractivity contribution >= 4 is 17.8 Å². The Bertz CT molecular complexity index is 720. The van der Waals surface area contributed by atoms with E-state index in [0.29, 0.717) is 23.2 Å². The van der Waals surface area contributed by atoms with Crippen LogP contribution < -0.4 is 21.3 Å². The lowest BCUT2D eigenvalue weighted by molar-refractivity contribution is -0.123. The van der Waals surface area contributed by atoms with E-state index in [1.54, 1.807) is 31.2 Å². The minimum absolute atomic E-state index is 0.0945.